The lowest BCUT2D eigenvalue weighted by Gasteiger charge is -2.19. The van der Waals surface area contributed by atoms with Crippen LogP contribution in [0.1, 0.15) is 58.6 Å². The molecule has 8 nitrogen and oxygen atoms in total. The normalized spacial score (nSPS) is 12.0. The summed E-state index contributed by atoms with van der Waals surface area (Å²) in [6.45, 7) is 13.8. The van der Waals surface area contributed by atoms with Crippen LogP contribution in [-0.4, -0.2) is 42.4 Å². The minimum Gasteiger partial charge on any atom is -0.444 e. The summed E-state index contributed by atoms with van der Waals surface area (Å²) in [5.74, 6) is 1.57. The van der Waals surface area contributed by atoms with Crippen molar-refractivity contribution in [1.82, 2.24) is 21.1 Å². The Hall–Kier alpha value is -2.25. The van der Waals surface area contributed by atoms with Gasteiger partial charge in [-0.1, -0.05) is 19.0 Å². The van der Waals surface area contributed by atoms with Crippen molar-refractivity contribution in [2.24, 2.45) is 4.99 Å². The summed E-state index contributed by atoms with van der Waals surface area (Å²) in [4.78, 5) is 16.2. The van der Waals surface area contributed by atoms with Gasteiger partial charge < -0.3 is 25.2 Å². The predicted octanol–water partition coefficient (Wildman–Crippen LogP) is 2.38. The molecule has 0 saturated carbocycles. The van der Waals surface area contributed by atoms with E-state index in [1.807, 2.05) is 34.6 Å². The summed E-state index contributed by atoms with van der Waals surface area (Å²) in [6, 6.07) is 0. The molecule has 0 aliphatic heterocycles. The average Bonchev–Trinajstić information content (AvgIpc) is 2.96. The topological polar surface area (TPSA) is 101 Å². The Morgan fingerprint density at radius 3 is 2.38 bits per heavy atom. The Labute approximate surface area is 156 Å². The number of rotatable bonds is 8. The smallest absolute Gasteiger partial charge is 0.407 e. The number of hydrogen-bond acceptors (Lipinski definition) is 5. The first kappa shape index (κ1) is 21.8. The van der Waals surface area contributed by atoms with Crippen LogP contribution in [0.15, 0.2) is 9.52 Å². The van der Waals surface area contributed by atoms with Crippen LogP contribution in [0.25, 0.3) is 0 Å². The summed E-state index contributed by atoms with van der Waals surface area (Å²) in [7, 11) is 0. The van der Waals surface area contributed by atoms with Crippen LogP contribution in [0.4, 0.5) is 4.79 Å². The third-order valence-corrected chi connectivity index (χ3v) is 3.43. The second-order valence-electron chi connectivity index (χ2n) is 6.79. The highest BCUT2D eigenvalue weighted by molar-refractivity contribution is 5.79. The summed E-state index contributed by atoms with van der Waals surface area (Å²) >= 11 is 0. The number of aliphatic imine (C=N–C) groups is 1. The fourth-order valence-corrected chi connectivity index (χ4v) is 2.28. The Bertz CT molecular complexity index is 569. The highest BCUT2D eigenvalue weighted by atomic mass is 16.6. The Morgan fingerprint density at radius 1 is 1.12 bits per heavy atom. The van der Waals surface area contributed by atoms with E-state index in [1.54, 1.807) is 0 Å². The van der Waals surface area contributed by atoms with Gasteiger partial charge in [0.25, 0.3) is 0 Å². The number of guanidine groups is 1. The molecule has 26 heavy (non-hydrogen) atoms. The molecule has 1 amide bonds. The molecular weight excluding hydrogens is 334 g/mol. The summed E-state index contributed by atoms with van der Waals surface area (Å²) < 4.78 is 10.6. The van der Waals surface area contributed by atoms with Crippen LogP contribution in [0, 0.1) is 0 Å². The fourth-order valence-electron chi connectivity index (χ4n) is 2.28. The monoisotopic (exact) mass is 367 g/mol. The van der Waals surface area contributed by atoms with Crippen molar-refractivity contribution in [3.63, 3.8) is 0 Å². The van der Waals surface area contributed by atoms with Gasteiger partial charge in [0.2, 0.25) is 0 Å². The molecule has 148 valence electrons. The molecule has 1 aromatic rings. The number of nitrogens with one attached hydrogen (secondary N) is 3. The first-order chi connectivity index (χ1) is 12.3. The molecule has 0 atom stereocenters. The van der Waals surface area contributed by atoms with Crippen molar-refractivity contribution < 1.29 is 14.1 Å². The standard InChI is InChI=1S/C18H33N5O3/c1-7-14-13(15(8-2)26-23-14)12-22-16(19-9-3)20-10-11-21-17(24)25-18(4,5)6/h7-12H2,1-6H3,(H,21,24)(H2,19,20,22). The van der Waals surface area contributed by atoms with E-state index in [0.29, 0.717) is 25.6 Å². The van der Waals surface area contributed by atoms with Crippen molar-refractivity contribution in [1.29, 1.82) is 0 Å². The molecule has 0 spiro atoms. The fraction of sp³-hybridized carbons (Fsp3) is 0.722. The number of nitrogens with zero attached hydrogens (tertiary/aromatic N) is 2. The molecule has 3 N–H and O–H groups in total. The van der Waals surface area contributed by atoms with Crippen LogP contribution >= 0.6 is 0 Å². The molecule has 0 aliphatic rings. The van der Waals surface area contributed by atoms with Crippen LogP contribution in [-0.2, 0) is 24.1 Å². The van der Waals surface area contributed by atoms with Crippen molar-refractivity contribution in [2.45, 2.75) is 66.5 Å². The lowest BCUT2D eigenvalue weighted by Crippen LogP contribution is -2.42. The van der Waals surface area contributed by atoms with E-state index in [-0.39, 0.29) is 0 Å². The zero-order valence-corrected chi connectivity index (χ0v) is 16.9. The van der Waals surface area contributed by atoms with E-state index >= 15 is 0 Å². The Kier molecular flexibility index (Phi) is 8.95. The maximum absolute atomic E-state index is 11.6. The van der Waals surface area contributed by atoms with Crippen LogP contribution < -0.4 is 16.0 Å². The molecule has 1 aromatic heterocycles. The van der Waals surface area contributed by atoms with Gasteiger partial charge in [-0.25, -0.2) is 9.79 Å². The minimum absolute atomic E-state index is 0.425. The lowest BCUT2D eigenvalue weighted by molar-refractivity contribution is 0.0529. The molecule has 1 rings (SSSR count). The average molecular weight is 367 g/mol. The zero-order valence-electron chi connectivity index (χ0n) is 16.9. The maximum atomic E-state index is 11.6. The quantitative estimate of drug-likeness (QED) is 0.370. The van der Waals surface area contributed by atoms with Gasteiger partial charge in [-0.15, -0.1) is 0 Å². The van der Waals surface area contributed by atoms with E-state index in [1.165, 1.54) is 0 Å². The van der Waals surface area contributed by atoms with Crippen LogP contribution in [0.3, 0.4) is 0 Å². The lowest BCUT2D eigenvalue weighted by atomic mass is 10.1. The maximum Gasteiger partial charge on any atom is 0.407 e. The van der Waals surface area contributed by atoms with E-state index in [9.17, 15) is 4.79 Å². The number of aryl methyl sites for hydroxylation is 2. The predicted molar refractivity (Wildman–Crippen MR) is 102 cm³/mol. The molecule has 0 bridgehead atoms. The molecule has 0 aromatic carbocycles. The summed E-state index contributed by atoms with van der Waals surface area (Å²) in [6.07, 6.45) is 1.19. The SMILES string of the molecule is CCNC(=NCc1c(CC)noc1CC)NCCNC(=O)OC(C)(C)C. The molecule has 1 heterocycles. The van der Waals surface area contributed by atoms with Gasteiger partial charge in [-0.2, -0.15) is 0 Å². The third-order valence-electron chi connectivity index (χ3n) is 3.43. The number of carbonyl (C=O) groups excluding carboxylic acids is 1. The molecule has 0 saturated heterocycles. The van der Waals surface area contributed by atoms with E-state index < -0.39 is 11.7 Å². The Morgan fingerprint density at radius 2 is 1.81 bits per heavy atom. The highest BCUT2D eigenvalue weighted by Gasteiger charge is 2.15. The highest BCUT2D eigenvalue weighted by Crippen LogP contribution is 2.16. The van der Waals surface area contributed by atoms with Crippen LogP contribution in [0.2, 0.25) is 0 Å². The summed E-state index contributed by atoms with van der Waals surface area (Å²) in [5.41, 5.74) is 1.51. The van der Waals surface area contributed by atoms with E-state index in [2.05, 4.69) is 33.0 Å². The number of aromatic nitrogens is 1. The minimum atomic E-state index is -0.500. The van der Waals surface area contributed by atoms with Crippen molar-refractivity contribution in [3.8, 4) is 0 Å². The number of amides is 1. The van der Waals surface area contributed by atoms with E-state index in [0.717, 1.165) is 36.4 Å². The van der Waals surface area contributed by atoms with Crippen molar-refractivity contribution in [3.05, 3.63) is 17.0 Å². The first-order valence-corrected chi connectivity index (χ1v) is 9.26. The van der Waals surface area contributed by atoms with Gasteiger partial charge >= 0.3 is 6.09 Å². The third kappa shape index (κ3) is 7.76. The molecule has 0 unspecified atom stereocenters. The van der Waals surface area contributed by atoms with Crippen molar-refractivity contribution >= 4 is 12.1 Å². The van der Waals surface area contributed by atoms with Crippen LogP contribution in [0.5, 0.6) is 0 Å². The zero-order chi connectivity index (χ0) is 19.6. The second kappa shape index (κ2) is 10.7. The Balaban J connectivity index is 2.54. The number of carbonyl (C=O) groups is 1. The molecule has 8 heteroatoms. The second-order valence-corrected chi connectivity index (χ2v) is 6.79. The van der Waals surface area contributed by atoms with Gasteiger partial charge in [0.05, 0.1) is 12.2 Å². The molecule has 0 fully saturated rings. The number of ether oxygens (including phenoxy) is 1. The molecule has 0 radical (unpaired) electrons. The van der Waals surface area contributed by atoms with Gasteiger partial charge in [0.15, 0.2) is 5.96 Å². The summed E-state index contributed by atoms with van der Waals surface area (Å²) in [5, 5.41) is 13.2. The largest absolute Gasteiger partial charge is 0.444 e. The van der Waals surface area contributed by atoms with Gasteiger partial charge in [-0.05, 0) is 34.1 Å². The van der Waals surface area contributed by atoms with Gasteiger partial charge in [-0.3, -0.25) is 0 Å². The van der Waals surface area contributed by atoms with Gasteiger partial charge in [0, 0.05) is 31.6 Å². The van der Waals surface area contributed by atoms with Gasteiger partial charge in [0.1, 0.15) is 11.4 Å². The molecule has 0 aliphatic carbocycles. The van der Waals surface area contributed by atoms with Crippen molar-refractivity contribution in [2.75, 3.05) is 19.6 Å². The number of hydrogen-bond donors (Lipinski definition) is 3. The van der Waals surface area contributed by atoms with E-state index in [4.69, 9.17) is 9.26 Å². The number of alkyl carbamates (subject to hydrolysis) is 1. The molecular formula is C18H33N5O3. The first-order valence-electron chi connectivity index (χ1n) is 9.26.